The van der Waals surface area contributed by atoms with Gasteiger partial charge in [-0.25, -0.2) is 0 Å². The maximum Gasteiger partial charge on any atom is 0.231 e. The van der Waals surface area contributed by atoms with Crippen molar-refractivity contribution in [1.82, 2.24) is 5.32 Å². The summed E-state index contributed by atoms with van der Waals surface area (Å²) >= 11 is 0. The molecule has 4 aliphatic heterocycles. The van der Waals surface area contributed by atoms with Gasteiger partial charge >= 0.3 is 0 Å². The van der Waals surface area contributed by atoms with Gasteiger partial charge in [0.15, 0.2) is 23.0 Å². The molecule has 4 aromatic rings. The van der Waals surface area contributed by atoms with Crippen molar-refractivity contribution in [3.8, 4) is 45.3 Å². The van der Waals surface area contributed by atoms with Crippen molar-refractivity contribution in [2.75, 3.05) is 40.8 Å². The van der Waals surface area contributed by atoms with Crippen LogP contribution in [-0.2, 0) is 25.7 Å². The minimum Gasteiger partial charge on any atom is -0.454 e. The van der Waals surface area contributed by atoms with Gasteiger partial charge in [0.05, 0.1) is 20.6 Å². The van der Waals surface area contributed by atoms with Crippen molar-refractivity contribution in [2.24, 2.45) is 0 Å². The van der Waals surface area contributed by atoms with Gasteiger partial charge < -0.3 is 28.7 Å². The molecule has 0 bridgehead atoms. The lowest BCUT2D eigenvalue weighted by Gasteiger charge is -2.45. The van der Waals surface area contributed by atoms with Crippen molar-refractivity contribution in [1.29, 1.82) is 0 Å². The molecular weight excluding hydrogens is 536 g/mol. The van der Waals surface area contributed by atoms with Gasteiger partial charge in [0.1, 0.15) is 6.04 Å². The summed E-state index contributed by atoms with van der Waals surface area (Å²) in [5.74, 6) is 3.73. The quantitative estimate of drug-likeness (QED) is 0.235. The van der Waals surface area contributed by atoms with Crippen LogP contribution in [0.2, 0.25) is 0 Å². The highest BCUT2D eigenvalue weighted by molar-refractivity contribution is 5.84. The van der Waals surface area contributed by atoms with Crippen LogP contribution in [0.3, 0.4) is 0 Å². The number of ether oxygens (including phenoxy) is 4. The number of hydrogen-bond acceptors (Lipinski definition) is 5. The van der Waals surface area contributed by atoms with Crippen LogP contribution in [0, 0.1) is 0 Å². The van der Waals surface area contributed by atoms with E-state index in [4.69, 9.17) is 18.9 Å². The molecule has 220 valence electrons. The van der Waals surface area contributed by atoms with Crippen molar-refractivity contribution in [2.45, 2.75) is 45.2 Å². The molecule has 4 heterocycles. The van der Waals surface area contributed by atoms with E-state index >= 15 is 0 Å². The Bertz CT molecular complexity index is 1780. The number of rotatable bonds is 0. The lowest BCUT2D eigenvalue weighted by Crippen LogP contribution is -2.49. The molecular formula is C37H39N2O4+. The second kappa shape index (κ2) is 9.76. The van der Waals surface area contributed by atoms with Gasteiger partial charge in [-0.1, -0.05) is 56.0 Å². The predicted octanol–water partition coefficient (Wildman–Crippen LogP) is 6.77. The Kier molecular flexibility index (Phi) is 6.04. The number of quaternary nitrogens is 1. The Labute approximate surface area is 253 Å². The van der Waals surface area contributed by atoms with Crippen molar-refractivity contribution in [3.05, 3.63) is 94.0 Å². The second-order valence-corrected chi connectivity index (χ2v) is 12.9. The third-order valence-corrected chi connectivity index (χ3v) is 10.3. The topological polar surface area (TPSA) is 49.0 Å². The summed E-state index contributed by atoms with van der Waals surface area (Å²) in [4.78, 5) is 0. The maximum absolute atomic E-state index is 5.86. The second-order valence-electron chi connectivity index (χ2n) is 12.9. The van der Waals surface area contributed by atoms with E-state index in [9.17, 15) is 0 Å². The predicted molar refractivity (Wildman–Crippen MR) is 168 cm³/mol. The third kappa shape index (κ3) is 3.93. The number of nitrogens with one attached hydrogen (secondary N) is 1. The Hall–Kier alpha value is -4.00. The van der Waals surface area contributed by atoms with Crippen molar-refractivity contribution < 1.29 is 23.4 Å². The van der Waals surface area contributed by atoms with E-state index in [-0.39, 0.29) is 7.43 Å². The molecule has 43 heavy (non-hydrogen) atoms. The summed E-state index contributed by atoms with van der Waals surface area (Å²) in [5, 5.41) is 3.65. The average molecular weight is 576 g/mol. The summed E-state index contributed by atoms with van der Waals surface area (Å²) in [5.41, 5.74) is 13.8. The number of benzene rings is 4. The molecule has 0 unspecified atom stereocenters. The van der Waals surface area contributed by atoms with Crippen LogP contribution in [0.5, 0.6) is 23.0 Å². The van der Waals surface area contributed by atoms with E-state index in [0.717, 1.165) is 59.7 Å². The van der Waals surface area contributed by atoms with Gasteiger partial charge in [-0.15, -0.1) is 0 Å². The molecule has 0 saturated carbocycles. The van der Waals surface area contributed by atoms with E-state index in [1.165, 1.54) is 62.2 Å². The zero-order chi connectivity index (χ0) is 28.0. The summed E-state index contributed by atoms with van der Waals surface area (Å²) in [7, 11) is 4.71. The average Bonchev–Trinajstić information content (AvgIpc) is 3.69. The van der Waals surface area contributed by atoms with Gasteiger partial charge in [-0.05, 0) is 70.5 Å². The first-order chi connectivity index (χ1) is 20.6. The minimum atomic E-state index is 0. The van der Waals surface area contributed by atoms with Crippen LogP contribution >= 0.6 is 0 Å². The van der Waals surface area contributed by atoms with Crippen LogP contribution in [0.15, 0.2) is 60.7 Å². The van der Waals surface area contributed by atoms with Gasteiger partial charge in [0.2, 0.25) is 13.6 Å². The summed E-state index contributed by atoms with van der Waals surface area (Å²) < 4.78 is 24.0. The summed E-state index contributed by atoms with van der Waals surface area (Å²) in [6, 6.07) is 22.8. The van der Waals surface area contributed by atoms with Crippen LogP contribution in [0.1, 0.15) is 52.9 Å². The first-order valence-corrected chi connectivity index (χ1v) is 15.2. The first kappa shape index (κ1) is 26.6. The fourth-order valence-electron chi connectivity index (χ4n) is 8.18. The molecule has 0 aromatic heterocycles. The molecule has 2 aliphatic carbocycles. The number of nitrogens with zero attached hydrogens (tertiary/aromatic N) is 1. The van der Waals surface area contributed by atoms with E-state index in [2.05, 4.69) is 80.1 Å². The highest BCUT2D eigenvalue weighted by atomic mass is 16.7. The van der Waals surface area contributed by atoms with Crippen LogP contribution < -0.4 is 24.3 Å². The fraction of sp³-hybridized carbons (Fsp3) is 0.351. The van der Waals surface area contributed by atoms with Gasteiger partial charge in [-0.3, -0.25) is 0 Å². The van der Waals surface area contributed by atoms with Crippen molar-refractivity contribution in [3.63, 3.8) is 0 Å². The highest BCUT2D eigenvalue weighted by Crippen LogP contribution is 2.55. The normalized spacial score (nSPS) is 21.6. The molecule has 0 spiro atoms. The lowest BCUT2D eigenvalue weighted by atomic mass is 9.76. The van der Waals surface area contributed by atoms with E-state index < -0.39 is 0 Å². The molecule has 6 heteroatoms. The van der Waals surface area contributed by atoms with E-state index in [0.29, 0.717) is 25.7 Å². The van der Waals surface area contributed by atoms with Crippen LogP contribution in [0.4, 0.5) is 0 Å². The fourth-order valence-corrected chi connectivity index (χ4v) is 8.18. The highest BCUT2D eigenvalue weighted by Gasteiger charge is 2.43. The monoisotopic (exact) mass is 575 g/mol. The molecule has 1 N–H and O–H groups in total. The Balaban J connectivity index is 0.000000127. The molecule has 10 rings (SSSR count). The molecule has 0 radical (unpaired) electrons. The summed E-state index contributed by atoms with van der Waals surface area (Å²) in [6.45, 7) is 2.90. The molecule has 4 aromatic carbocycles. The maximum atomic E-state index is 5.86. The number of fused-ring (bicyclic) bond motifs is 8. The number of hydrogen-bond donors (Lipinski definition) is 1. The Morgan fingerprint density at radius 1 is 0.674 bits per heavy atom. The Morgan fingerprint density at radius 2 is 1.26 bits per heavy atom. The Morgan fingerprint density at radius 3 is 1.93 bits per heavy atom. The molecule has 0 saturated heterocycles. The molecule has 0 amide bonds. The molecule has 2 atom stereocenters. The van der Waals surface area contributed by atoms with Gasteiger partial charge in [0, 0.05) is 35.6 Å². The van der Waals surface area contributed by atoms with E-state index in [1.54, 1.807) is 0 Å². The lowest BCUT2D eigenvalue weighted by molar-refractivity contribution is -0.923. The first-order valence-electron chi connectivity index (χ1n) is 15.2. The number of likely N-dealkylation sites (N-methyl/N-ethyl adjacent to an activating group) is 1. The zero-order valence-corrected chi connectivity index (χ0v) is 24.2. The zero-order valence-electron chi connectivity index (χ0n) is 24.2. The molecule has 0 fully saturated rings. The van der Waals surface area contributed by atoms with Gasteiger partial charge in [0.25, 0.3) is 0 Å². The largest absolute Gasteiger partial charge is 0.454 e. The smallest absolute Gasteiger partial charge is 0.231 e. The standard InChI is InChI=1S/C19H20NO2.C17H15NO2.CH4/c1-20(2)8-7-13-10-16-19(22-11-21-16)18-14-6-4-3-5-12(14)9-15(20)17(13)18;1-2-4-12-10(3-1)7-13-15-11(5-6-18-13)8-14-17(16(12)15)20-9-19-14;/h3-6,10,15H,7-9,11H2,1-2H3;1-4,8,13,18H,5-7,9H2;1H4/q+1;;/t15-;13-;/m11./s1. The van der Waals surface area contributed by atoms with Crippen LogP contribution in [0.25, 0.3) is 22.3 Å². The van der Waals surface area contributed by atoms with Crippen LogP contribution in [-0.4, -0.2) is 45.3 Å². The van der Waals surface area contributed by atoms with Crippen molar-refractivity contribution >= 4 is 0 Å². The minimum absolute atomic E-state index is 0. The summed E-state index contributed by atoms with van der Waals surface area (Å²) in [6.07, 6.45) is 4.36. The molecule has 6 aliphatic rings. The SMILES string of the molecule is C.C[N+]1(C)CCc2cc3c(c4c2[C@H]1Cc1ccccc1-4)OCO3.c1ccc2c(c1)C[C@H]1NCCc3cc4c(c-2c31)OCO4. The third-order valence-electron chi connectivity index (χ3n) is 10.3. The van der Waals surface area contributed by atoms with Gasteiger partial charge in [-0.2, -0.15) is 0 Å². The molecule has 6 nitrogen and oxygen atoms in total. The van der Waals surface area contributed by atoms with E-state index in [1.807, 2.05) is 0 Å².